The summed E-state index contributed by atoms with van der Waals surface area (Å²) >= 11 is 0. The van der Waals surface area contributed by atoms with Gasteiger partial charge in [-0.1, -0.05) is 38.1 Å². The molecule has 0 aromatic heterocycles. The van der Waals surface area contributed by atoms with Crippen molar-refractivity contribution in [1.82, 2.24) is 0 Å². The normalized spacial score (nSPS) is 14.6. The number of hydrogen-bond donors (Lipinski definition) is 2. The maximum Gasteiger partial charge on any atom is 0.316 e. The molecule has 0 aliphatic heterocycles. The average molecular weight is 236 g/mol. The second-order valence-electron chi connectivity index (χ2n) is 5.09. The summed E-state index contributed by atoms with van der Waals surface area (Å²) in [6.45, 7) is 5.42. The first kappa shape index (κ1) is 13.7. The van der Waals surface area contributed by atoms with Gasteiger partial charge in [0.25, 0.3) is 0 Å². The van der Waals surface area contributed by atoms with Crippen LogP contribution in [-0.4, -0.2) is 22.8 Å². The van der Waals surface area contributed by atoms with E-state index in [1.54, 1.807) is 12.1 Å². The summed E-state index contributed by atoms with van der Waals surface area (Å²) in [7, 11) is 0. The van der Waals surface area contributed by atoms with Crippen molar-refractivity contribution >= 4 is 5.97 Å². The van der Waals surface area contributed by atoms with Gasteiger partial charge in [0.2, 0.25) is 0 Å². The third-order valence-corrected chi connectivity index (χ3v) is 3.02. The largest absolute Gasteiger partial charge is 0.481 e. The lowest BCUT2D eigenvalue weighted by Gasteiger charge is -2.22. The standard InChI is InChI=1S/C14H20O3/c1-10(2)8-11-4-6-12(7-5-11)14(3,9-15)13(16)17/h4-7,10,15H,8-9H2,1-3H3,(H,16,17)/t14-/m0/s1. The van der Waals surface area contributed by atoms with Gasteiger partial charge in [-0.25, -0.2) is 0 Å². The van der Waals surface area contributed by atoms with Gasteiger partial charge in [0.15, 0.2) is 0 Å². The zero-order valence-electron chi connectivity index (χ0n) is 10.6. The molecular formula is C14H20O3. The Morgan fingerprint density at radius 2 is 1.82 bits per heavy atom. The molecule has 0 radical (unpaired) electrons. The fourth-order valence-electron chi connectivity index (χ4n) is 1.76. The third kappa shape index (κ3) is 3.07. The Kier molecular flexibility index (Phi) is 4.29. The molecule has 0 bridgehead atoms. The molecule has 17 heavy (non-hydrogen) atoms. The number of carboxylic acids is 1. The number of aliphatic carboxylic acids is 1. The van der Waals surface area contributed by atoms with Gasteiger partial charge in [-0.2, -0.15) is 0 Å². The second kappa shape index (κ2) is 5.32. The molecule has 0 aliphatic rings. The maximum absolute atomic E-state index is 11.2. The molecule has 0 heterocycles. The van der Waals surface area contributed by atoms with Crippen LogP contribution in [0.5, 0.6) is 0 Å². The highest BCUT2D eigenvalue weighted by Crippen LogP contribution is 2.24. The van der Waals surface area contributed by atoms with Crippen molar-refractivity contribution in [3.8, 4) is 0 Å². The highest BCUT2D eigenvalue weighted by molar-refractivity contribution is 5.81. The summed E-state index contributed by atoms with van der Waals surface area (Å²) < 4.78 is 0. The van der Waals surface area contributed by atoms with Crippen molar-refractivity contribution in [2.75, 3.05) is 6.61 Å². The Labute approximate surface area is 102 Å². The SMILES string of the molecule is CC(C)Cc1ccc([C@](C)(CO)C(=O)O)cc1. The van der Waals surface area contributed by atoms with Crippen LogP contribution in [0.4, 0.5) is 0 Å². The predicted octanol–water partition coefficient (Wildman–Crippen LogP) is 2.22. The average Bonchev–Trinajstić information content (AvgIpc) is 2.28. The molecule has 3 nitrogen and oxygen atoms in total. The Balaban J connectivity index is 2.97. The molecule has 1 rings (SSSR count). The van der Waals surface area contributed by atoms with Gasteiger partial charge in [-0.15, -0.1) is 0 Å². The van der Waals surface area contributed by atoms with Gasteiger partial charge in [-0.3, -0.25) is 4.79 Å². The minimum absolute atomic E-state index is 0.397. The Bertz CT molecular complexity index is 381. The molecule has 1 aromatic carbocycles. The number of aliphatic hydroxyl groups is 1. The van der Waals surface area contributed by atoms with E-state index >= 15 is 0 Å². The lowest BCUT2D eigenvalue weighted by atomic mass is 9.83. The van der Waals surface area contributed by atoms with Gasteiger partial charge >= 0.3 is 5.97 Å². The zero-order valence-corrected chi connectivity index (χ0v) is 10.6. The fourth-order valence-corrected chi connectivity index (χ4v) is 1.76. The molecule has 2 N–H and O–H groups in total. The van der Waals surface area contributed by atoms with Crippen LogP contribution in [-0.2, 0) is 16.6 Å². The predicted molar refractivity (Wildman–Crippen MR) is 67.1 cm³/mol. The van der Waals surface area contributed by atoms with Gasteiger partial charge in [0.1, 0.15) is 5.41 Å². The van der Waals surface area contributed by atoms with E-state index in [2.05, 4.69) is 13.8 Å². The smallest absolute Gasteiger partial charge is 0.316 e. The van der Waals surface area contributed by atoms with Crippen LogP contribution in [0.1, 0.15) is 31.9 Å². The van der Waals surface area contributed by atoms with Crippen molar-refractivity contribution in [2.45, 2.75) is 32.6 Å². The molecule has 0 saturated heterocycles. The van der Waals surface area contributed by atoms with Crippen molar-refractivity contribution < 1.29 is 15.0 Å². The Morgan fingerprint density at radius 1 is 1.29 bits per heavy atom. The van der Waals surface area contributed by atoms with E-state index in [1.807, 2.05) is 12.1 Å². The Morgan fingerprint density at radius 3 is 2.18 bits per heavy atom. The summed E-state index contributed by atoms with van der Waals surface area (Å²) in [4.78, 5) is 11.2. The molecule has 0 fully saturated rings. The summed E-state index contributed by atoms with van der Waals surface area (Å²) in [6.07, 6.45) is 0.975. The summed E-state index contributed by atoms with van der Waals surface area (Å²) in [5.74, 6) is -0.429. The molecule has 0 saturated carbocycles. The van der Waals surface area contributed by atoms with E-state index in [1.165, 1.54) is 12.5 Å². The number of benzene rings is 1. The molecule has 3 heteroatoms. The first-order valence-corrected chi connectivity index (χ1v) is 5.84. The summed E-state index contributed by atoms with van der Waals surface area (Å²) in [5.41, 5.74) is 0.616. The van der Waals surface area contributed by atoms with Crippen LogP contribution >= 0.6 is 0 Å². The van der Waals surface area contributed by atoms with E-state index in [-0.39, 0.29) is 0 Å². The van der Waals surface area contributed by atoms with Crippen molar-refractivity contribution in [3.05, 3.63) is 35.4 Å². The van der Waals surface area contributed by atoms with E-state index < -0.39 is 18.0 Å². The van der Waals surface area contributed by atoms with Crippen LogP contribution < -0.4 is 0 Å². The van der Waals surface area contributed by atoms with Crippen LogP contribution in [0, 0.1) is 5.92 Å². The van der Waals surface area contributed by atoms with Crippen LogP contribution in [0.25, 0.3) is 0 Å². The topological polar surface area (TPSA) is 57.5 Å². The van der Waals surface area contributed by atoms with Crippen molar-refractivity contribution in [1.29, 1.82) is 0 Å². The summed E-state index contributed by atoms with van der Waals surface area (Å²) in [5, 5.41) is 18.4. The number of carboxylic acid groups (broad SMARTS) is 1. The minimum Gasteiger partial charge on any atom is -0.481 e. The van der Waals surface area contributed by atoms with Crippen molar-refractivity contribution in [2.24, 2.45) is 5.92 Å². The fraction of sp³-hybridized carbons (Fsp3) is 0.500. The molecule has 1 aromatic rings. The lowest BCUT2D eigenvalue weighted by Crippen LogP contribution is -2.36. The van der Waals surface area contributed by atoms with Gasteiger partial charge in [0.05, 0.1) is 6.61 Å². The molecule has 0 aliphatic carbocycles. The van der Waals surface area contributed by atoms with E-state index in [4.69, 9.17) is 5.11 Å². The first-order chi connectivity index (χ1) is 7.90. The maximum atomic E-state index is 11.2. The molecular weight excluding hydrogens is 216 g/mol. The molecule has 0 amide bonds. The third-order valence-electron chi connectivity index (χ3n) is 3.02. The highest BCUT2D eigenvalue weighted by Gasteiger charge is 2.34. The second-order valence-corrected chi connectivity index (χ2v) is 5.09. The molecule has 94 valence electrons. The first-order valence-electron chi connectivity index (χ1n) is 5.84. The highest BCUT2D eigenvalue weighted by atomic mass is 16.4. The quantitative estimate of drug-likeness (QED) is 0.824. The molecule has 1 atom stereocenters. The van der Waals surface area contributed by atoms with Gasteiger partial charge in [-0.05, 0) is 30.4 Å². The summed E-state index contributed by atoms with van der Waals surface area (Å²) in [6, 6.07) is 7.46. The van der Waals surface area contributed by atoms with E-state index in [0.717, 1.165) is 6.42 Å². The number of hydrogen-bond acceptors (Lipinski definition) is 2. The molecule has 0 unspecified atom stereocenters. The minimum atomic E-state index is -1.21. The monoisotopic (exact) mass is 236 g/mol. The van der Waals surface area contributed by atoms with E-state index in [0.29, 0.717) is 11.5 Å². The Hall–Kier alpha value is -1.35. The van der Waals surface area contributed by atoms with Crippen molar-refractivity contribution in [3.63, 3.8) is 0 Å². The van der Waals surface area contributed by atoms with Crippen LogP contribution in [0.2, 0.25) is 0 Å². The van der Waals surface area contributed by atoms with Gasteiger partial charge in [0, 0.05) is 0 Å². The van der Waals surface area contributed by atoms with E-state index in [9.17, 15) is 9.90 Å². The lowest BCUT2D eigenvalue weighted by molar-refractivity contribution is -0.144. The van der Waals surface area contributed by atoms with Crippen LogP contribution in [0.3, 0.4) is 0 Å². The number of carbonyl (C=O) groups is 1. The number of rotatable bonds is 5. The zero-order chi connectivity index (χ0) is 13.1. The van der Waals surface area contributed by atoms with Gasteiger partial charge < -0.3 is 10.2 Å². The van der Waals surface area contributed by atoms with Crippen LogP contribution in [0.15, 0.2) is 24.3 Å². The number of aliphatic hydroxyl groups excluding tert-OH is 1. The molecule has 0 spiro atoms.